The zero-order valence-electron chi connectivity index (χ0n) is 7.15. The van der Waals surface area contributed by atoms with Gasteiger partial charge in [0, 0.05) is 0 Å². The van der Waals surface area contributed by atoms with E-state index in [1.807, 2.05) is 0 Å². The van der Waals surface area contributed by atoms with Crippen molar-refractivity contribution in [3.63, 3.8) is 0 Å². The van der Waals surface area contributed by atoms with Crippen LogP contribution >= 0.6 is 0 Å². The lowest BCUT2D eigenvalue weighted by Crippen LogP contribution is -2.22. The van der Waals surface area contributed by atoms with Gasteiger partial charge < -0.3 is 14.6 Å². The van der Waals surface area contributed by atoms with Crippen LogP contribution in [0.1, 0.15) is 0 Å². The second kappa shape index (κ2) is 6.14. The minimum atomic E-state index is -1.62. The lowest BCUT2D eigenvalue weighted by molar-refractivity contribution is -0.141. The van der Waals surface area contributed by atoms with Gasteiger partial charge in [-0.05, 0) is 0 Å². The molecule has 0 saturated heterocycles. The van der Waals surface area contributed by atoms with Crippen molar-refractivity contribution in [2.24, 2.45) is 0 Å². The largest absolute Gasteiger partial charge is 0.465 e. The second-order valence-electron chi connectivity index (χ2n) is 1.98. The molecule has 0 aliphatic rings. The third kappa shape index (κ3) is 3.66. The first-order valence-corrected chi connectivity index (χ1v) is 3.41. The van der Waals surface area contributed by atoms with Crippen LogP contribution in [0.15, 0.2) is 18.2 Å². The second-order valence-corrected chi connectivity index (χ2v) is 1.98. The van der Waals surface area contributed by atoms with Crippen LogP contribution in [0.4, 0.5) is 0 Å². The van der Waals surface area contributed by atoms with E-state index in [0.29, 0.717) is 0 Å². The van der Waals surface area contributed by atoms with E-state index in [1.165, 1.54) is 12.0 Å². The van der Waals surface area contributed by atoms with Crippen molar-refractivity contribution >= 4 is 11.9 Å². The standard InChI is InChI=1S/C8H10O5/c1-3-4-13-8(11)6(5-9)7(10)12-2/h3,8,11H,1,4H2,2H3. The van der Waals surface area contributed by atoms with Crippen molar-refractivity contribution in [3.05, 3.63) is 18.2 Å². The Morgan fingerprint density at radius 3 is 2.77 bits per heavy atom. The minimum Gasteiger partial charge on any atom is -0.465 e. The third-order valence-electron chi connectivity index (χ3n) is 1.13. The van der Waals surface area contributed by atoms with Gasteiger partial charge in [0.05, 0.1) is 13.7 Å². The number of hydrogen-bond donors (Lipinski definition) is 1. The molecule has 0 amide bonds. The molecule has 0 aliphatic heterocycles. The average molecular weight is 186 g/mol. The molecule has 0 aliphatic carbocycles. The van der Waals surface area contributed by atoms with E-state index < -0.39 is 17.8 Å². The summed E-state index contributed by atoms with van der Waals surface area (Å²) < 4.78 is 8.80. The summed E-state index contributed by atoms with van der Waals surface area (Å²) in [5.41, 5.74) is -0.593. The van der Waals surface area contributed by atoms with Crippen molar-refractivity contribution in [3.8, 4) is 0 Å². The SMILES string of the molecule is C=CCOC(O)C(=C=O)C(=O)OC. The number of methoxy groups -OCH3 is 1. The molecule has 0 aromatic rings. The lowest BCUT2D eigenvalue weighted by Gasteiger charge is -2.09. The molecule has 5 nitrogen and oxygen atoms in total. The smallest absolute Gasteiger partial charge is 0.350 e. The molecule has 0 bridgehead atoms. The van der Waals surface area contributed by atoms with Gasteiger partial charge in [-0.1, -0.05) is 6.08 Å². The number of hydrogen-bond acceptors (Lipinski definition) is 5. The van der Waals surface area contributed by atoms with E-state index in [2.05, 4.69) is 16.1 Å². The highest BCUT2D eigenvalue weighted by Crippen LogP contribution is 2.02. The van der Waals surface area contributed by atoms with Gasteiger partial charge in [-0.2, -0.15) is 0 Å². The summed E-state index contributed by atoms with van der Waals surface area (Å²) in [6.07, 6.45) is -0.258. The number of carbonyl (C=O) groups is 1. The fourth-order valence-corrected chi connectivity index (χ4v) is 0.545. The van der Waals surface area contributed by atoms with Gasteiger partial charge >= 0.3 is 5.97 Å². The normalized spacial score (nSPS) is 11.2. The summed E-state index contributed by atoms with van der Waals surface area (Å²) in [6, 6.07) is 0. The van der Waals surface area contributed by atoms with E-state index in [0.717, 1.165) is 7.11 Å². The fourth-order valence-electron chi connectivity index (χ4n) is 0.545. The molecule has 13 heavy (non-hydrogen) atoms. The molecule has 0 saturated carbocycles. The molecule has 0 aromatic heterocycles. The van der Waals surface area contributed by atoms with Crippen molar-refractivity contribution in [1.82, 2.24) is 0 Å². The Morgan fingerprint density at radius 2 is 2.38 bits per heavy atom. The monoisotopic (exact) mass is 186 g/mol. The summed E-state index contributed by atoms with van der Waals surface area (Å²) in [4.78, 5) is 20.9. The summed E-state index contributed by atoms with van der Waals surface area (Å²) >= 11 is 0. The molecule has 1 unspecified atom stereocenters. The Morgan fingerprint density at radius 1 is 1.77 bits per heavy atom. The molecule has 1 atom stereocenters. The quantitative estimate of drug-likeness (QED) is 0.205. The first-order chi connectivity index (χ1) is 6.17. The van der Waals surface area contributed by atoms with Gasteiger partial charge in [0.2, 0.25) is 0 Å². The van der Waals surface area contributed by atoms with Crippen molar-refractivity contribution in [2.75, 3.05) is 13.7 Å². The van der Waals surface area contributed by atoms with E-state index in [9.17, 15) is 9.59 Å². The Hall–Kier alpha value is -1.42. The molecule has 0 spiro atoms. The van der Waals surface area contributed by atoms with Gasteiger partial charge in [-0.15, -0.1) is 6.58 Å². The number of carbonyl (C=O) groups excluding carboxylic acids is 2. The van der Waals surface area contributed by atoms with Gasteiger partial charge in [0.25, 0.3) is 0 Å². The van der Waals surface area contributed by atoms with Crippen LogP contribution < -0.4 is 0 Å². The minimum absolute atomic E-state index is 0.0172. The summed E-state index contributed by atoms with van der Waals surface area (Å²) in [7, 11) is 1.08. The maximum atomic E-state index is 10.8. The number of ether oxygens (including phenoxy) is 2. The Bertz CT molecular complexity index is 239. The van der Waals surface area contributed by atoms with E-state index in [-0.39, 0.29) is 6.61 Å². The fraction of sp³-hybridized carbons (Fsp3) is 0.375. The molecule has 72 valence electrons. The zero-order valence-corrected chi connectivity index (χ0v) is 7.15. The molecule has 0 rings (SSSR count). The third-order valence-corrected chi connectivity index (χ3v) is 1.13. The molecule has 1 N–H and O–H groups in total. The number of rotatable bonds is 5. The Balaban J connectivity index is 4.33. The Labute approximate surface area is 75.3 Å². The summed E-state index contributed by atoms with van der Waals surface area (Å²) in [6.45, 7) is 3.34. The molecule has 0 fully saturated rings. The van der Waals surface area contributed by atoms with Crippen molar-refractivity contribution < 1.29 is 24.2 Å². The highest BCUT2D eigenvalue weighted by molar-refractivity contribution is 5.97. The van der Waals surface area contributed by atoms with E-state index in [4.69, 9.17) is 5.11 Å². The van der Waals surface area contributed by atoms with Crippen LogP contribution in [0, 0.1) is 0 Å². The maximum absolute atomic E-state index is 10.8. The Kier molecular flexibility index (Phi) is 5.47. The van der Waals surface area contributed by atoms with Crippen LogP contribution in [0.5, 0.6) is 0 Å². The topological polar surface area (TPSA) is 72.8 Å². The first-order valence-electron chi connectivity index (χ1n) is 3.41. The molecular formula is C8H10O5. The van der Waals surface area contributed by atoms with Crippen LogP contribution in [-0.2, 0) is 19.1 Å². The van der Waals surface area contributed by atoms with Crippen LogP contribution in [0.25, 0.3) is 0 Å². The average Bonchev–Trinajstić information content (AvgIpc) is 2.15. The summed E-state index contributed by atoms with van der Waals surface area (Å²) in [5.74, 6) is 0.278. The predicted octanol–water partition coefficient (Wildman–Crippen LogP) is -0.562. The van der Waals surface area contributed by atoms with Gasteiger partial charge in [-0.3, -0.25) is 0 Å². The van der Waals surface area contributed by atoms with E-state index in [1.54, 1.807) is 0 Å². The summed E-state index contributed by atoms with van der Waals surface area (Å²) in [5, 5.41) is 9.07. The van der Waals surface area contributed by atoms with Crippen LogP contribution in [0.3, 0.4) is 0 Å². The van der Waals surface area contributed by atoms with Gasteiger partial charge in [0.15, 0.2) is 11.9 Å². The molecule has 5 heteroatoms. The van der Waals surface area contributed by atoms with Gasteiger partial charge in [-0.25, -0.2) is 9.59 Å². The molecular weight excluding hydrogens is 176 g/mol. The molecule has 0 radical (unpaired) electrons. The van der Waals surface area contributed by atoms with Crippen molar-refractivity contribution in [2.45, 2.75) is 6.29 Å². The predicted molar refractivity (Wildman–Crippen MR) is 43.4 cm³/mol. The molecule has 0 heterocycles. The van der Waals surface area contributed by atoms with Gasteiger partial charge in [0.1, 0.15) is 5.94 Å². The lowest BCUT2D eigenvalue weighted by atomic mass is 10.3. The number of aliphatic hydroxyl groups excluding tert-OH is 1. The van der Waals surface area contributed by atoms with E-state index >= 15 is 0 Å². The highest BCUT2D eigenvalue weighted by atomic mass is 16.6. The zero-order chi connectivity index (χ0) is 10.3. The van der Waals surface area contributed by atoms with Crippen LogP contribution in [0.2, 0.25) is 0 Å². The number of aliphatic hydroxyl groups is 1. The molecule has 0 aromatic carbocycles. The highest BCUT2D eigenvalue weighted by Gasteiger charge is 2.21. The first kappa shape index (κ1) is 11.6. The van der Waals surface area contributed by atoms with Crippen molar-refractivity contribution in [1.29, 1.82) is 0 Å². The maximum Gasteiger partial charge on any atom is 0.350 e. The van der Waals surface area contributed by atoms with Crippen LogP contribution in [-0.4, -0.2) is 37.0 Å². The number of esters is 1.